The van der Waals surface area contributed by atoms with Gasteiger partial charge in [-0.2, -0.15) is 24.9 Å². The maximum atomic E-state index is 12.7. The van der Waals surface area contributed by atoms with E-state index in [4.69, 9.17) is 0 Å². The van der Waals surface area contributed by atoms with Gasteiger partial charge in [0.2, 0.25) is 0 Å². The summed E-state index contributed by atoms with van der Waals surface area (Å²) in [7, 11) is 3.51. The number of hydrogen-bond donors (Lipinski definition) is 1. The standard InChI is InChI=1S/C14H15F3N4.C2H6S/c1-18-13-12(7-11(9-20-13)14(15,16)17)19-8-10-3-5-21(2)6-4-10;1-3-2/h3-5,7-9H,6H2,1-2H3,(H,18,20);1-2H3. The number of thioether (sulfide) groups is 1. The predicted octanol–water partition coefficient (Wildman–Crippen LogP) is 4.21. The third-order valence-electron chi connectivity index (χ3n) is 2.92. The zero-order chi connectivity index (χ0) is 18.2. The summed E-state index contributed by atoms with van der Waals surface area (Å²) in [5.74, 6) is 0.303. The van der Waals surface area contributed by atoms with Crippen molar-refractivity contribution in [3.63, 3.8) is 0 Å². The van der Waals surface area contributed by atoms with Crippen molar-refractivity contribution >= 4 is 29.5 Å². The van der Waals surface area contributed by atoms with Crippen LogP contribution in [-0.4, -0.2) is 49.3 Å². The highest BCUT2D eigenvalue weighted by Gasteiger charge is 2.31. The number of likely N-dealkylation sites (N-methyl/N-ethyl adjacent to an activating group) is 1. The van der Waals surface area contributed by atoms with E-state index in [1.54, 1.807) is 18.8 Å². The van der Waals surface area contributed by atoms with Crippen LogP contribution in [-0.2, 0) is 6.18 Å². The van der Waals surface area contributed by atoms with E-state index in [1.807, 2.05) is 42.8 Å². The van der Waals surface area contributed by atoms with Gasteiger partial charge in [0.25, 0.3) is 0 Å². The number of nitrogens with zero attached hydrogens (tertiary/aromatic N) is 3. The van der Waals surface area contributed by atoms with E-state index in [-0.39, 0.29) is 5.69 Å². The van der Waals surface area contributed by atoms with Gasteiger partial charge in [-0.15, -0.1) is 0 Å². The Balaban J connectivity index is 0.000000891. The van der Waals surface area contributed by atoms with Crippen LogP contribution < -0.4 is 5.32 Å². The van der Waals surface area contributed by atoms with Gasteiger partial charge in [-0.3, -0.25) is 4.99 Å². The molecule has 0 saturated carbocycles. The first-order valence-electron chi connectivity index (χ1n) is 7.09. The number of pyridine rings is 1. The molecule has 132 valence electrons. The number of alkyl halides is 3. The first-order chi connectivity index (χ1) is 11.3. The zero-order valence-electron chi connectivity index (χ0n) is 14.1. The summed E-state index contributed by atoms with van der Waals surface area (Å²) in [6.45, 7) is 0.734. The molecular formula is C16H21F3N4S. The van der Waals surface area contributed by atoms with Crippen LogP contribution in [0.15, 0.2) is 41.2 Å². The monoisotopic (exact) mass is 358 g/mol. The predicted molar refractivity (Wildman–Crippen MR) is 96.2 cm³/mol. The number of aromatic nitrogens is 1. The summed E-state index contributed by atoms with van der Waals surface area (Å²) in [6, 6.07) is 0.981. The summed E-state index contributed by atoms with van der Waals surface area (Å²) < 4.78 is 38.1. The van der Waals surface area contributed by atoms with E-state index >= 15 is 0 Å². The number of hydrogen-bond acceptors (Lipinski definition) is 5. The molecule has 1 aromatic heterocycles. The van der Waals surface area contributed by atoms with Crippen LogP contribution in [0.4, 0.5) is 24.7 Å². The molecule has 0 saturated heterocycles. The van der Waals surface area contributed by atoms with Crippen LogP contribution in [0.2, 0.25) is 0 Å². The van der Waals surface area contributed by atoms with Gasteiger partial charge in [-0.1, -0.05) is 6.08 Å². The second-order valence-electron chi connectivity index (χ2n) is 4.97. The molecule has 1 aliphatic heterocycles. The van der Waals surface area contributed by atoms with Gasteiger partial charge in [-0.25, -0.2) is 4.98 Å². The maximum absolute atomic E-state index is 12.7. The molecule has 2 rings (SSSR count). The lowest BCUT2D eigenvalue weighted by Crippen LogP contribution is -2.13. The Morgan fingerprint density at radius 1 is 1.38 bits per heavy atom. The number of allylic oxidation sites excluding steroid dienone is 2. The third-order valence-corrected chi connectivity index (χ3v) is 2.92. The van der Waals surface area contributed by atoms with Crippen molar-refractivity contribution in [1.29, 1.82) is 0 Å². The Kier molecular flexibility index (Phi) is 7.84. The van der Waals surface area contributed by atoms with Crippen molar-refractivity contribution in [1.82, 2.24) is 9.88 Å². The molecule has 0 bridgehead atoms. The van der Waals surface area contributed by atoms with E-state index < -0.39 is 11.7 Å². The third kappa shape index (κ3) is 6.27. The van der Waals surface area contributed by atoms with Crippen molar-refractivity contribution in [3.05, 3.63) is 41.8 Å². The molecule has 8 heteroatoms. The fourth-order valence-electron chi connectivity index (χ4n) is 1.73. The lowest BCUT2D eigenvalue weighted by molar-refractivity contribution is -0.137. The molecule has 2 heterocycles. The summed E-state index contributed by atoms with van der Waals surface area (Å²) in [5, 5.41) is 2.73. The van der Waals surface area contributed by atoms with Gasteiger partial charge >= 0.3 is 6.18 Å². The average molecular weight is 358 g/mol. The largest absolute Gasteiger partial charge is 0.417 e. The minimum Gasteiger partial charge on any atom is -0.377 e. The highest BCUT2D eigenvalue weighted by atomic mass is 32.2. The van der Waals surface area contributed by atoms with Gasteiger partial charge < -0.3 is 10.2 Å². The van der Waals surface area contributed by atoms with Crippen LogP contribution in [0, 0.1) is 0 Å². The number of rotatable bonds is 3. The van der Waals surface area contributed by atoms with Crippen LogP contribution in [0.3, 0.4) is 0 Å². The first-order valence-corrected chi connectivity index (χ1v) is 8.73. The highest BCUT2D eigenvalue weighted by molar-refractivity contribution is 7.97. The molecule has 0 amide bonds. The van der Waals surface area contributed by atoms with Crippen molar-refractivity contribution in [3.8, 4) is 0 Å². The molecule has 1 aromatic rings. The fraction of sp³-hybridized carbons (Fsp3) is 0.375. The van der Waals surface area contributed by atoms with E-state index in [0.29, 0.717) is 5.82 Å². The van der Waals surface area contributed by atoms with Crippen LogP contribution in [0.5, 0.6) is 0 Å². The number of nitrogens with one attached hydrogen (secondary N) is 1. The molecule has 0 aliphatic carbocycles. The minimum absolute atomic E-state index is 0.153. The van der Waals surface area contributed by atoms with E-state index in [1.165, 1.54) is 6.21 Å². The van der Waals surface area contributed by atoms with Gasteiger partial charge in [0.15, 0.2) is 5.82 Å². The summed E-state index contributed by atoms with van der Waals surface area (Å²) in [5.41, 5.74) is 0.176. The smallest absolute Gasteiger partial charge is 0.377 e. The second kappa shape index (κ2) is 9.36. The SMILES string of the molecule is CNc1ncc(C(F)(F)F)cc1N=CC1=CCN(C)C=C1.CSC. The number of halogens is 3. The Morgan fingerprint density at radius 3 is 2.54 bits per heavy atom. The van der Waals surface area contributed by atoms with Gasteiger partial charge in [-0.05, 0) is 36.4 Å². The molecule has 0 atom stereocenters. The second-order valence-corrected chi connectivity index (χ2v) is 5.78. The van der Waals surface area contributed by atoms with E-state index in [2.05, 4.69) is 15.3 Å². The summed E-state index contributed by atoms with van der Waals surface area (Å²) >= 11 is 1.75. The zero-order valence-corrected chi connectivity index (χ0v) is 14.9. The van der Waals surface area contributed by atoms with Crippen LogP contribution in [0.25, 0.3) is 0 Å². The van der Waals surface area contributed by atoms with Crippen molar-refractivity contribution in [2.45, 2.75) is 6.18 Å². The highest BCUT2D eigenvalue weighted by Crippen LogP contribution is 2.33. The normalized spacial score (nSPS) is 14.3. The Morgan fingerprint density at radius 2 is 2.04 bits per heavy atom. The fourth-order valence-corrected chi connectivity index (χ4v) is 1.73. The van der Waals surface area contributed by atoms with Crippen molar-refractivity contribution in [2.75, 3.05) is 38.5 Å². The molecule has 1 N–H and O–H groups in total. The molecule has 0 radical (unpaired) electrons. The number of aliphatic imine (C=N–C) groups is 1. The summed E-state index contributed by atoms with van der Waals surface area (Å²) in [6.07, 6.45) is 7.62. The quantitative estimate of drug-likeness (QED) is 0.822. The van der Waals surface area contributed by atoms with E-state index in [9.17, 15) is 13.2 Å². The van der Waals surface area contributed by atoms with Gasteiger partial charge in [0.05, 0.1) is 5.56 Å². The van der Waals surface area contributed by atoms with Gasteiger partial charge in [0.1, 0.15) is 5.69 Å². The Labute approximate surface area is 144 Å². The van der Waals surface area contributed by atoms with Crippen LogP contribution >= 0.6 is 11.8 Å². The Bertz CT molecular complexity index is 624. The van der Waals surface area contributed by atoms with Crippen molar-refractivity contribution in [2.24, 2.45) is 4.99 Å². The summed E-state index contributed by atoms with van der Waals surface area (Å²) in [4.78, 5) is 9.84. The number of anilines is 1. The minimum atomic E-state index is -4.43. The molecule has 1 aliphatic rings. The molecule has 0 fully saturated rings. The lowest BCUT2D eigenvalue weighted by Gasteiger charge is -2.15. The lowest BCUT2D eigenvalue weighted by atomic mass is 10.2. The topological polar surface area (TPSA) is 40.5 Å². The average Bonchev–Trinajstić information content (AvgIpc) is 2.54. The van der Waals surface area contributed by atoms with Crippen LogP contribution in [0.1, 0.15) is 5.56 Å². The molecule has 4 nitrogen and oxygen atoms in total. The molecule has 0 spiro atoms. The molecule has 0 aromatic carbocycles. The van der Waals surface area contributed by atoms with E-state index in [0.717, 1.165) is 24.4 Å². The van der Waals surface area contributed by atoms with Crippen molar-refractivity contribution < 1.29 is 13.2 Å². The molecule has 0 unspecified atom stereocenters. The Hall–Kier alpha value is -1.96. The first kappa shape index (κ1) is 20.1. The molecular weight excluding hydrogens is 337 g/mol. The molecule has 24 heavy (non-hydrogen) atoms. The maximum Gasteiger partial charge on any atom is 0.417 e. The van der Waals surface area contributed by atoms with Gasteiger partial charge in [0, 0.05) is 33.1 Å².